The number of carboxylic acid groups (broad SMARTS) is 1. The van der Waals surface area contributed by atoms with E-state index in [2.05, 4.69) is 0 Å². The summed E-state index contributed by atoms with van der Waals surface area (Å²) in [7, 11) is 0. The Hall–Kier alpha value is -1.46. The predicted molar refractivity (Wildman–Crippen MR) is 68.5 cm³/mol. The molecule has 1 fully saturated rings. The molecule has 2 rings (SSSR count). The van der Waals surface area contributed by atoms with Crippen LogP contribution in [0.5, 0.6) is 0 Å². The summed E-state index contributed by atoms with van der Waals surface area (Å²) >= 11 is 0. The quantitative estimate of drug-likeness (QED) is 0.896. The SMILES string of the molecule is O=C(O)CN1CCOC[C@@H](Cc2ccccc2F)C1. The first-order valence-electron chi connectivity index (χ1n) is 6.40. The van der Waals surface area contributed by atoms with Gasteiger partial charge in [-0.3, -0.25) is 9.69 Å². The van der Waals surface area contributed by atoms with E-state index in [1.165, 1.54) is 6.07 Å². The first-order chi connectivity index (χ1) is 9.15. The van der Waals surface area contributed by atoms with Crippen LogP contribution in [0.3, 0.4) is 0 Å². The molecule has 0 radical (unpaired) electrons. The molecule has 1 heterocycles. The van der Waals surface area contributed by atoms with Gasteiger partial charge >= 0.3 is 5.97 Å². The zero-order valence-electron chi connectivity index (χ0n) is 10.7. The van der Waals surface area contributed by atoms with Gasteiger partial charge in [-0.2, -0.15) is 0 Å². The number of rotatable bonds is 4. The molecule has 0 saturated carbocycles. The lowest BCUT2D eigenvalue weighted by Crippen LogP contribution is -2.35. The molecule has 4 nitrogen and oxygen atoms in total. The Balaban J connectivity index is 1.98. The molecule has 104 valence electrons. The molecule has 0 aliphatic carbocycles. The van der Waals surface area contributed by atoms with Crippen molar-refractivity contribution in [1.82, 2.24) is 4.90 Å². The zero-order valence-corrected chi connectivity index (χ0v) is 10.7. The minimum absolute atomic E-state index is 0.0110. The molecule has 1 atom stereocenters. The van der Waals surface area contributed by atoms with Crippen LogP contribution < -0.4 is 0 Å². The lowest BCUT2D eigenvalue weighted by molar-refractivity contribution is -0.138. The second-order valence-corrected chi connectivity index (χ2v) is 4.87. The lowest BCUT2D eigenvalue weighted by Gasteiger charge is -2.21. The second-order valence-electron chi connectivity index (χ2n) is 4.87. The van der Waals surface area contributed by atoms with Crippen LogP contribution in [0.15, 0.2) is 24.3 Å². The summed E-state index contributed by atoms with van der Waals surface area (Å²) in [6, 6.07) is 6.69. The van der Waals surface area contributed by atoms with E-state index in [1.54, 1.807) is 12.1 Å². The largest absolute Gasteiger partial charge is 0.480 e. The van der Waals surface area contributed by atoms with Crippen LogP contribution in [0.4, 0.5) is 4.39 Å². The van der Waals surface area contributed by atoms with Gasteiger partial charge in [0.2, 0.25) is 0 Å². The molecule has 0 amide bonds. The Morgan fingerprint density at radius 2 is 2.26 bits per heavy atom. The smallest absolute Gasteiger partial charge is 0.317 e. The number of hydrogen-bond donors (Lipinski definition) is 1. The minimum Gasteiger partial charge on any atom is -0.480 e. The fraction of sp³-hybridized carbons (Fsp3) is 0.500. The molecule has 1 aromatic rings. The molecule has 1 N–H and O–H groups in total. The number of halogens is 1. The van der Waals surface area contributed by atoms with Gasteiger partial charge in [0.25, 0.3) is 0 Å². The van der Waals surface area contributed by atoms with E-state index in [0.717, 1.165) is 0 Å². The number of benzene rings is 1. The number of carboxylic acids is 1. The molecule has 0 bridgehead atoms. The lowest BCUT2D eigenvalue weighted by atomic mass is 9.99. The van der Waals surface area contributed by atoms with Crippen LogP contribution in [0.1, 0.15) is 5.56 Å². The number of ether oxygens (including phenoxy) is 1. The van der Waals surface area contributed by atoms with Gasteiger partial charge in [-0.25, -0.2) is 4.39 Å². The monoisotopic (exact) mass is 267 g/mol. The maximum absolute atomic E-state index is 13.6. The zero-order chi connectivity index (χ0) is 13.7. The fourth-order valence-corrected chi connectivity index (χ4v) is 2.39. The van der Waals surface area contributed by atoms with Crippen molar-refractivity contribution in [2.24, 2.45) is 5.92 Å². The highest BCUT2D eigenvalue weighted by molar-refractivity contribution is 5.69. The van der Waals surface area contributed by atoms with Crippen molar-refractivity contribution in [2.75, 3.05) is 32.8 Å². The predicted octanol–water partition coefficient (Wildman–Crippen LogP) is 1.40. The summed E-state index contributed by atoms with van der Waals surface area (Å²) in [5, 5.41) is 8.84. The normalized spacial score (nSPS) is 21.0. The van der Waals surface area contributed by atoms with Crippen molar-refractivity contribution in [3.63, 3.8) is 0 Å². The van der Waals surface area contributed by atoms with Gasteiger partial charge in [-0.1, -0.05) is 18.2 Å². The standard InChI is InChI=1S/C14H18FNO3/c15-13-4-2-1-3-12(13)7-11-8-16(9-14(17)18)5-6-19-10-11/h1-4,11H,5-10H2,(H,17,18)/t11-/m0/s1. The van der Waals surface area contributed by atoms with Gasteiger partial charge in [0, 0.05) is 13.1 Å². The summed E-state index contributed by atoms with van der Waals surface area (Å²) in [5.41, 5.74) is 0.660. The average Bonchev–Trinajstić information content (AvgIpc) is 2.57. The maximum atomic E-state index is 13.6. The van der Waals surface area contributed by atoms with Crippen molar-refractivity contribution in [2.45, 2.75) is 6.42 Å². The Morgan fingerprint density at radius 3 is 3.00 bits per heavy atom. The van der Waals surface area contributed by atoms with Crippen molar-refractivity contribution in [1.29, 1.82) is 0 Å². The number of aliphatic carboxylic acids is 1. The summed E-state index contributed by atoms with van der Waals surface area (Å²) in [6.07, 6.45) is 0.572. The van der Waals surface area contributed by atoms with Crippen molar-refractivity contribution in [3.8, 4) is 0 Å². The molecule has 1 aliphatic rings. The minimum atomic E-state index is -0.841. The topological polar surface area (TPSA) is 49.8 Å². The van der Waals surface area contributed by atoms with Crippen LogP contribution in [0.2, 0.25) is 0 Å². The van der Waals surface area contributed by atoms with Gasteiger partial charge in [-0.05, 0) is 24.0 Å². The first-order valence-corrected chi connectivity index (χ1v) is 6.40. The average molecular weight is 267 g/mol. The van der Waals surface area contributed by atoms with Gasteiger partial charge < -0.3 is 9.84 Å². The van der Waals surface area contributed by atoms with Crippen LogP contribution >= 0.6 is 0 Å². The van der Waals surface area contributed by atoms with E-state index in [0.29, 0.717) is 38.3 Å². The number of carbonyl (C=O) groups is 1. The van der Waals surface area contributed by atoms with Gasteiger partial charge in [0.15, 0.2) is 0 Å². The van der Waals surface area contributed by atoms with E-state index >= 15 is 0 Å². The molecule has 5 heteroatoms. The highest BCUT2D eigenvalue weighted by Crippen LogP contribution is 2.16. The van der Waals surface area contributed by atoms with Gasteiger partial charge in [-0.15, -0.1) is 0 Å². The highest BCUT2D eigenvalue weighted by Gasteiger charge is 2.21. The first kappa shape index (κ1) is 14.0. The Kier molecular flexibility index (Phi) is 4.87. The molecule has 1 aromatic carbocycles. The van der Waals surface area contributed by atoms with Crippen molar-refractivity contribution in [3.05, 3.63) is 35.6 Å². The third kappa shape index (κ3) is 4.29. The summed E-state index contributed by atoms with van der Waals surface area (Å²) in [6.45, 7) is 2.32. The van der Waals surface area contributed by atoms with Crippen LogP contribution in [-0.2, 0) is 16.0 Å². The Labute approximate surface area is 111 Å². The number of nitrogens with zero attached hydrogens (tertiary/aromatic N) is 1. The molecule has 1 aliphatic heterocycles. The van der Waals surface area contributed by atoms with E-state index in [4.69, 9.17) is 9.84 Å². The molecule has 0 aromatic heterocycles. The van der Waals surface area contributed by atoms with Gasteiger partial charge in [0.05, 0.1) is 19.8 Å². The molecule has 19 heavy (non-hydrogen) atoms. The summed E-state index contributed by atoms with van der Waals surface area (Å²) in [4.78, 5) is 12.6. The van der Waals surface area contributed by atoms with E-state index in [9.17, 15) is 9.18 Å². The summed E-state index contributed by atoms with van der Waals surface area (Å²) < 4.78 is 19.1. The van der Waals surface area contributed by atoms with E-state index < -0.39 is 5.97 Å². The fourth-order valence-electron chi connectivity index (χ4n) is 2.39. The molecule has 0 spiro atoms. The Morgan fingerprint density at radius 1 is 1.47 bits per heavy atom. The van der Waals surface area contributed by atoms with E-state index in [1.807, 2.05) is 11.0 Å². The maximum Gasteiger partial charge on any atom is 0.317 e. The molecular formula is C14H18FNO3. The van der Waals surface area contributed by atoms with E-state index in [-0.39, 0.29) is 18.3 Å². The van der Waals surface area contributed by atoms with Crippen molar-refractivity contribution < 1.29 is 19.0 Å². The second kappa shape index (κ2) is 6.63. The van der Waals surface area contributed by atoms with Gasteiger partial charge in [0.1, 0.15) is 5.82 Å². The molecular weight excluding hydrogens is 249 g/mol. The third-order valence-electron chi connectivity index (χ3n) is 3.25. The Bertz CT molecular complexity index is 438. The van der Waals surface area contributed by atoms with Crippen LogP contribution in [0, 0.1) is 11.7 Å². The summed E-state index contributed by atoms with van der Waals surface area (Å²) in [5.74, 6) is -0.929. The van der Waals surface area contributed by atoms with Crippen molar-refractivity contribution >= 4 is 5.97 Å². The highest BCUT2D eigenvalue weighted by atomic mass is 19.1. The van der Waals surface area contributed by atoms with Crippen LogP contribution in [0.25, 0.3) is 0 Å². The molecule has 0 unspecified atom stereocenters. The van der Waals surface area contributed by atoms with Crippen LogP contribution in [-0.4, -0.2) is 48.8 Å². The number of hydrogen-bond acceptors (Lipinski definition) is 3. The third-order valence-corrected chi connectivity index (χ3v) is 3.25. The molecule has 1 saturated heterocycles.